The number of hydrogen-bond acceptors (Lipinski definition) is 3. The lowest BCUT2D eigenvalue weighted by Gasteiger charge is -2.22. The van der Waals surface area contributed by atoms with Gasteiger partial charge in [0, 0.05) is 12.6 Å². The molecule has 0 aromatic heterocycles. The molecule has 0 saturated heterocycles. The molecule has 1 amide bonds. The van der Waals surface area contributed by atoms with Gasteiger partial charge in [0.2, 0.25) is 5.91 Å². The molecule has 2 rings (SSSR count). The van der Waals surface area contributed by atoms with E-state index in [9.17, 15) is 4.79 Å². The fourth-order valence-electron chi connectivity index (χ4n) is 2.39. The first-order valence-electron chi connectivity index (χ1n) is 6.11. The molecule has 0 radical (unpaired) electrons. The summed E-state index contributed by atoms with van der Waals surface area (Å²) < 4.78 is 5.43. The van der Waals surface area contributed by atoms with Gasteiger partial charge in [-0.25, -0.2) is 5.84 Å². The van der Waals surface area contributed by atoms with E-state index in [1.54, 1.807) is 14.2 Å². The van der Waals surface area contributed by atoms with Crippen molar-refractivity contribution in [3.63, 3.8) is 0 Å². The molecule has 4 nitrogen and oxygen atoms in total. The quantitative estimate of drug-likeness (QED) is 0.503. The van der Waals surface area contributed by atoms with Crippen LogP contribution in [0.2, 0.25) is 0 Å². The number of methoxy groups -OCH3 is 1. The maximum Gasteiger partial charge on any atom is 0.246 e. The number of hydrazine groups is 1. The zero-order chi connectivity index (χ0) is 13.5. The number of carbonyl (C=O) groups is 1. The minimum absolute atomic E-state index is 0.0379. The van der Waals surface area contributed by atoms with Crippen LogP contribution in [0, 0.1) is 13.8 Å². The highest BCUT2D eigenvalue weighted by Gasteiger charge is 2.54. The molecule has 1 aromatic carbocycles. The number of ether oxygens (including phenoxy) is 1. The van der Waals surface area contributed by atoms with Crippen LogP contribution >= 0.6 is 0 Å². The van der Waals surface area contributed by atoms with Crippen molar-refractivity contribution in [2.75, 3.05) is 14.2 Å². The van der Waals surface area contributed by atoms with Crippen molar-refractivity contribution in [1.29, 1.82) is 0 Å². The summed E-state index contributed by atoms with van der Waals surface area (Å²) in [6.07, 6.45) is 1.68. The summed E-state index contributed by atoms with van der Waals surface area (Å²) in [6, 6.07) is 4.05. The molecular formula is C14H20N2O2. The van der Waals surface area contributed by atoms with Gasteiger partial charge in [-0.3, -0.25) is 9.80 Å². The highest BCUT2D eigenvalue weighted by atomic mass is 16.5. The molecule has 1 aliphatic rings. The summed E-state index contributed by atoms with van der Waals surface area (Å²) >= 11 is 0. The first-order chi connectivity index (χ1) is 8.42. The lowest BCUT2D eigenvalue weighted by molar-refractivity contribution is -0.132. The molecule has 0 atom stereocenters. The zero-order valence-electron chi connectivity index (χ0n) is 11.4. The van der Waals surface area contributed by atoms with Gasteiger partial charge < -0.3 is 4.74 Å². The highest BCUT2D eigenvalue weighted by Crippen LogP contribution is 2.52. The van der Waals surface area contributed by atoms with Crippen LogP contribution in [-0.2, 0) is 10.2 Å². The largest absolute Gasteiger partial charge is 0.496 e. The van der Waals surface area contributed by atoms with Crippen LogP contribution < -0.4 is 10.6 Å². The van der Waals surface area contributed by atoms with E-state index in [0.717, 1.165) is 24.2 Å². The second-order valence-corrected chi connectivity index (χ2v) is 5.13. The molecule has 0 unspecified atom stereocenters. The first-order valence-corrected chi connectivity index (χ1v) is 6.11. The van der Waals surface area contributed by atoms with Gasteiger partial charge >= 0.3 is 0 Å². The third-order valence-electron chi connectivity index (χ3n) is 3.81. The average molecular weight is 248 g/mol. The van der Waals surface area contributed by atoms with Crippen molar-refractivity contribution in [2.45, 2.75) is 32.1 Å². The second-order valence-electron chi connectivity index (χ2n) is 5.13. The Morgan fingerprint density at radius 1 is 1.33 bits per heavy atom. The van der Waals surface area contributed by atoms with Crippen LogP contribution in [-0.4, -0.2) is 25.1 Å². The molecule has 0 bridgehead atoms. The Balaban J connectivity index is 2.51. The summed E-state index contributed by atoms with van der Waals surface area (Å²) in [5.74, 6) is 6.35. The number of amides is 1. The van der Waals surface area contributed by atoms with Crippen LogP contribution in [0.3, 0.4) is 0 Å². The summed E-state index contributed by atoms with van der Waals surface area (Å²) in [5.41, 5.74) is 2.84. The fourth-order valence-corrected chi connectivity index (χ4v) is 2.39. The first kappa shape index (κ1) is 12.9. The van der Waals surface area contributed by atoms with Gasteiger partial charge in [-0.05, 0) is 43.9 Å². The van der Waals surface area contributed by atoms with E-state index in [1.807, 2.05) is 19.9 Å². The Morgan fingerprint density at radius 2 is 1.89 bits per heavy atom. The van der Waals surface area contributed by atoms with Gasteiger partial charge in [0.15, 0.2) is 0 Å². The summed E-state index contributed by atoms with van der Waals surface area (Å²) in [7, 11) is 3.23. The van der Waals surface area contributed by atoms with Gasteiger partial charge in [0.1, 0.15) is 5.75 Å². The maximum absolute atomic E-state index is 12.2. The summed E-state index contributed by atoms with van der Waals surface area (Å²) in [6.45, 7) is 4.09. The molecule has 0 aliphatic heterocycles. The maximum atomic E-state index is 12.2. The molecule has 2 N–H and O–H groups in total. The summed E-state index contributed by atoms with van der Waals surface area (Å²) in [4.78, 5) is 12.2. The number of nitrogens with two attached hydrogens (primary N) is 1. The number of carbonyl (C=O) groups excluding carboxylic acids is 1. The predicted molar refractivity (Wildman–Crippen MR) is 70.3 cm³/mol. The molecule has 0 spiro atoms. The highest BCUT2D eigenvalue weighted by molar-refractivity contribution is 5.91. The Hall–Kier alpha value is -1.55. The molecule has 0 heterocycles. The Bertz CT molecular complexity index is 491. The van der Waals surface area contributed by atoms with E-state index in [4.69, 9.17) is 10.6 Å². The third-order valence-corrected chi connectivity index (χ3v) is 3.81. The van der Waals surface area contributed by atoms with Crippen LogP contribution in [0.4, 0.5) is 0 Å². The molecule has 1 fully saturated rings. The van der Waals surface area contributed by atoms with E-state index in [-0.39, 0.29) is 5.91 Å². The molecule has 4 heteroatoms. The van der Waals surface area contributed by atoms with Crippen LogP contribution in [0.1, 0.15) is 29.5 Å². The van der Waals surface area contributed by atoms with Crippen molar-refractivity contribution >= 4 is 5.91 Å². The number of likely N-dealkylation sites (N-methyl/N-ethyl adjacent to an activating group) is 1. The SMILES string of the molecule is COc1cc(C)c(C)cc1C1(C(=O)N(C)N)CC1. The van der Waals surface area contributed by atoms with Crippen molar-refractivity contribution < 1.29 is 9.53 Å². The Kier molecular flexibility index (Phi) is 3.07. The van der Waals surface area contributed by atoms with Crippen molar-refractivity contribution in [3.8, 4) is 5.75 Å². The number of rotatable bonds is 3. The lowest BCUT2D eigenvalue weighted by atomic mass is 9.91. The number of aryl methyl sites for hydroxylation is 2. The minimum atomic E-state index is -0.465. The average Bonchev–Trinajstić information content (AvgIpc) is 3.12. The smallest absolute Gasteiger partial charge is 0.246 e. The van der Waals surface area contributed by atoms with Gasteiger partial charge in [-0.1, -0.05) is 6.07 Å². The van der Waals surface area contributed by atoms with E-state index < -0.39 is 5.41 Å². The molecular weight excluding hydrogens is 228 g/mol. The van der Waals surface area contributed by atoms with Gasteiger partial charge in [0.05, 0.1) is 12.5 Å². The van der Waals surface area contributed by atoms with Gasteiger partial charge in [-0.15, -0.1) is 0 Å². The van der Waals surface area contributed by atoms with Crippen LogP contribution in [0.5, 0.6) is 5.75 Å². The minimum Gasteiger partial charge on any atom is -0.496 e. The van der Waals surface area contributed by atoms with Crippen LogP contribution in [0.15, 0.2) is 12.1 Å². The topological polar surface area (TPSA) is 55.6 Å². The van der Waals surface area contributed by atoms with Crippen molar-refractivity contribution in [2.24, 2.45) is 5.84 Å². The molecule has 1 aromatic rings. The number of hydrogen-bond donors (Lipinski definition) is 1. The van der Waals surface area contributed by atoms with E-state index in [0.29, 0.717) is 0 Å². The van der Waals surface area contributed by atoms with E-state index >= 15 is 0 Å². The van der Waals surface area contributed by atoms with Gasteiger partial charge in [-0.2, -0.15) is 0 Å². The molecule has 98 valence electrons. The number of nitrogens with zero attached hydrogens (tertiary/aromatic N) is 1. The predicted octanol–water partition coefficient (Wildman–Crippen LogP) is 1.68. The molecule has 1 saturated carbocycles. The third kappa shape index (κ3) is 1.86. The van der Waals surface area contributed by atoms with E-state index in [1.165, 1.54) is 16.1 Å². The lowest BCUT2D eigenvalue weighted by Crippen LogP contribution is -2.41. The monoisotopic (exact) mass is 248 g/mol. The normalized spacial score (nSPS) is 16.3. The van der Waals surface area contributed by atoms with Gasteiger partial charge in [0.25, 0.3) is 0 Å². The standard InChI is InChI=1S/C14H20N2O2/c1-9-7-11(12(18-4)8-10(9)2)14(5-6-14)13(17)16(3)15/h7-8H,5-6,15H2,1-4H3. The van der Waals surface area contributed by atoms with Crippen molar-refractivity contribution in [3.05, 3.63) is 28.8 Å². The van der Waals surface area contributed by atoms with E-state index in [2.05, 4.69) is 6.07 Å². The van der Waals surface area contributed by atoms with Crippen LogP contribution in [0.25, 0.3) is 0 Å². The molecule has 18 heavy (non-hydrogen) atoms. The molecule has 1 aliphatic carbocycles. The van der Waals surface area contributed by atoms with Crippen molar-refractivity contribution in [1.82, 2.24) is 5.01 Å². The Labute approximate surface area is 108 Å². The second kappa shape index (κ2) is 4.28. The fraction of sp³-hybridized carbons (Fsp3) is 0.500. The summed E-state index contributed by atoms with van der Waals surface area (Å²) in [5, 5.41) is 1.18. The zero-order valence-corrected chi connectivity index (χ0v) is 11.4. The Morgan fingerprint density at radius 3 is 2.33 bits per heavy atom. The number of benzene rings is 1.